The van der Waals surface area contributed by atoms with Gasteiger partial charge in [0, 0.05) is 39.5 Å². The third-order valence-corrected chi connectivity index (χ3v) is 5.05. The Balaban J connectivity index is 1.98. The molecular weight excluding hydrogens is 334 g/mol. The van der Waals surface area contributed by atoms with Crippen molar-refractivity contribution >= 4 is 11.8 Å². The average Bonchev–Trinajstić information content (AvgIpc) is 3.16. The fraction of sp³-hybridized carbons (Fsp3) is 0.722. The van der Waals surface area contributed by atoms with E-state index in [2.05, 4.69) is 21.0 Å². The standard InChI is InChI=1S/C18H31N5O3/c1-13-15(14(2)23(3)22-13)16(24)21-18(7-5-6-8-18)17(25)20-10-9-19-11-12-26-4/h19H,5-12H2,1-4H3,(H,20,25)(H,21,24). The minimum absolute atomic E-state index is 0.101. The number of rotatable bonds is 9. The number of nitrogens with zero attached hydrogens (tertiary/aromatic N) is 2. The van der Waals surface area contributed by atoms with Crippen molar-refractivity contribution in [2.24, 2.45) is 7.05 Å². The van der Waals surface area contributed by atoms with Crippen LogP contribution < -0.4 is 16.0 Å². The highest BCUT2D eigenvalue weighted by Crippen LogP contribution is 2.30. The zero-order valence-electron chi connectivity index (χ0n) is 16.3. The van der Waals surface area contributed by atoms with Gasteiger partial charge in [-0.3, -0.25) is 14.3 Å². The van der Waals surface area contributed by atoms with Crippen LogP contribution in [0.5, 0.6) is 0 Å². The second kappa shape index (κ2) is 9.14. The molecule has 1 aromatic rings. The number of nitrogens with one attached hydrogen (secondary N) is 3. The summed E-state index contributed by atoms with van der Waals surface area (Å²) in [6, 6.07) is 0. The molecule has 0 unspecified atom stereocenters. The smallest absolute Gasteiger partial charge is 0.255 e. The maximum atomic E-state index is 12.8. The molecule has 1 aromatic heterocycles. The van der Waals surface area contributed by atoms with Gasteiger partial charge in [-0.15, -0.1) is 0 Å². The topological polar surface area (TPSA) is 97.3 Å². The Morgan fingerprint density at radius 1 is 1.19 bits per heavy atom. The highest BCUT2D eigenvalue weighted by atomic mass is 16.5. The lowest BCUT2D eigenvalue weighted by Gasteiger charge is -2.29. The number of carbonyl (C=O) groups excluding carboxylic acids is 2. The lowest BCUT2D eigenvalue weighted by Crippen LogP contribution is -2.57. The third-order valence-electron chi connectivity index (χ3n) is 5.05. The highest BCUT2D eigenvalue weighted by molar-refractivity contribution is 6.00. The first-order valence-corrected chi connectivity index (χ1v) is 9.22. The first kappa shape index (κ1) is 20.4. The van der Waals surface area contributed by atoms with Gasteiger partial charge in [0.25, 0.3) is 5.91 Å². The van der Waals surface area contributed by atoms with Gasteiger partial charge in [0.05, 0.1) is 17.9 Å². The van der Waals surface area contributed by atoms with E-state index in [1.807, 2.05) is 20.9 Å². The quantitative estimate of drug-likeness (QED) is 0.552. The Hall–Kier alpha value is -1.93. The van der Waals surface area contributed by atoms with E-state index >= 15 is 0 Å². The summed E-state index contributed by atoms with van der Waals surface area (Å²) in [4.78, 5) is 25.6. The van der Waals surface area contributed by atoms with Crippen LogP contribution in [0, 0.1) is 13.8 Å². The highest BCUT2D eigenvalue weighted by Gasteiger charge is 2.42. The molecule has 146 valence electrons. The Labute approximate surface area is 155 Å². The number of aryl methyl sites for hydroxylation is 2. The Morgan fingerprint density at radius 3 is 2.46 bits per heavy atom. The van der Waals surface area contributed by atoms with Crippen molar-refractivity contribution in [3.63, 3.8) is 0 Å². The van der Waals surface area contributed by atoms with E-state index < -0.39 is 5.54 Å². The molecule has 8 nitrogen and oxygen atoms in total. The molecule has 1 heterocycles. The molecular formula is C18H31N5O3. The lowest BCUT2D eigenvalue weighted by atomic mass is 9.95. The monoisotopic (exact) mass is 365 g/mol. The van der Waals surface area contributed by atoms with E-state index in [4.69, 9.17) is 4.74 Å². The first-order valence-electron chi connectivity index (χ1n) is 9.22. The van der Waals surface area contributed by atoms with Crippen LogP contribution in [-0.2, 0) is 16.6 Å². The Bertz CT molecular complexity index is 635. The van der Waals surface area contributed by atoms with Crippen LogP contribution in [0.15, 0.2) is 0 Å². The minimum Gasteiger partial charge on any atom is -0.383 e. The van der Waals surface area contributed by atoms with E-state index in [0.29, 0.717) is 43.8 Å². The van der Waals surface area contributed by atoms with E-state index in [1.54, 1.807) is 11.8 Å². The SMILES string of the molecule is COCCNCCNC(=O)C1(NC(=O)c2c(C)nn(C)c2C)CCCC1. The summed E-state index contributed by atoms with van der Waals surface area (Å²) in [7, 11) is 3.47. The van der Waals surface area contributed by atoms with Gasteiger partial charge in [-0.05, 0) is 26.7 Å². The summed E-state index contributed by atoms with van der Waals surface area (Å²) in [6.45, 7) is 6.24. The number of aromatic nitrogens is 2. The molecule has 0 spiro atoms. The number of hydrogen-bond donors (Lipinski definition) is 3. The van der Waals surface area contributed by atoms with Gasteiger partial charge in [0.15, 0.2) is 0 Å². The summed E-state index contributed by atoms with van der Waals surface area (Å²) < 4.78 is 6.66. The van der Waals surface area contributed by atoms with E-state index in [1.165, 1.54) is 0 Å². The molecule has 0 aliphatic heterocycles. The van der Waals surface area contributed by atoms with Crippen molar-refractivity contribution in [1.82, 2.24) is 25.7 Å². The fourth-order valence-electron chi connectivity index (χ4n) is 3.50. The molecule has 1 saturated carbocycles. The van der Waals surface area contributed by atoms with Crippen LogP contribution >= 0.6 is 0 Å². The summed E-state index contributed by atoms with van der Waals surface area (Å²) >= 11 is 0. The summed E-state index contributed by atoms with van der Waals surface area (Å²) in [6.07, 6.45) is 3.20. The molecule has 2 amide bonds. The normalized spacial score (nSPS) is 15.8. The molecule has 0 atom stereocenters. The summed E-state index contributed by atoms with van der Waals surface area (Å²) in [5, 5.41) is 13.5. The van der Waals surface area contributed by atoms with E-state index in [-0.39, 0.29) is 11.8 Å². The van der Waals surface area contributed by atoms with Gasteiger partial charge >= 0.3 is 0 Å². The fourth-order valence-corrected chi connectivity index (χ4v) is 3.50. The predicted molar refractivity (Wildman–Crippen MR) is 99.1 cm³/mol. The maximum Gasteiger partial charge on any atom is 0.255 e. The molecule has 0 bridgehead atoms. The van der Waals surface area contributed by atoms with Gasteiger partial charge in [-0.25, -0.2) is 0 Å². The first-order chi connectivity index (χ1) is 12.4. The summed E-state index contributed by atoms with van der Waals surface area (Å²) in [5.74, 6) is -0.320. The Kier molecular flexibility index (Phi) is 7.16. The molecule has 0 radical (unpaired) electrons. The number of amides is 2. The predicted octanol–water partition coefficient (Wildman–Crippen LogP) is 0.432. The van der Waals surface area contributed by atoms with Crippen molar-refractivity contribution in [2.45, 2.75) is 45.1 Å². The number of methoxy groups -OCH3 is 1. The van der Waals surface area contributed by atoms with Gasteiger partial charge in [-0.1, -0.05) is 12.8 Å². The van der Waals surface area contributed by atoms with Crippen LogP contribution in [0.25, 0.3) is 0 Å². The van der Waals surface area contributed by atoms with Crippen molar-refractivity contribution in [2.75, 3.05) is 33.4 Å². The van der Waals surface area contributed by atoms with Gasteiger partial charge in [0.2, 0.25) is 5.91 Å². The van der Waals surface area contributed by atoms with Crippen LogP contribution in [0.2, 0.25) is 0 Å². The zero-order valence-corrected chi connectivity index (χ0v) is 16.3. The van der Waals surface area contributed by atoms with E-state index in [9.17, 15) is 9.59 Å². The third kappa shape index (κ3) is 4.62. The molecule has 2 rings (SSSR count). The second-order valence-corrected chi connectivity index (χ2v) is 6.91. The van der Waals surface area contributed by atoms with Crippen LogP contribution in [0.4, 0.5) is 0 Å². The molecule has 1 aliphatic rings. The minimum atomic E-state index is -0.821. The molecule has 0 saturated heterocycles. The average molecular weight is 365 g/mol. The second-order valence-electron chi connectivity index (χ2n) is 6.91. The molecule has 1 aliphatic carbocycles. The largest absolute Gasteiger partial charge is 0.383 e. The molecule has 1 fully saturated rings. The van der Waals surface area contributed by atoms with Gasteiger partial charge in [0.1, 0.15) is 5.54 Å². The van der Waals surface area contributed by atoms with Crippen molar-refractivity contribution in [3.05, 3.63) is 17.0 Å². The number of ether oxygens (including phenoxy) is 1. The zero-order chi connectivity index (χ0) is 19.2. The molecule has 8 heteroatoms. The van der Waals surface area contributed by atoms with Crippen LogP contribution in [0.1, 0.15) is 47.4 Å². The van der Waals surface area contributed by atoms with E-state index in [0.717, 1.165) is 25.1 Å². The maximum absolute atomic E-state index is 12.8. The van der Waals surface area contributed by atoms with Crippen molar-refractivity contribution < 1.29 is 14.3 Å². The number of hydrogen-bond acceptors (Lipinski definition) is 5. The molecule has 3 N–H and O–H groups in total. The lowest BCUT2D eigenvalue weighted by molar-refractivity contribution is -0.127. The van der Waals surface area contributed by atoms with Gasteiger partial charge in [-0.2, -0.15) is 5.10 Å². The van der Waals surface area contributed by atoms with Gasteiger partial charge < -0.3 is 20.7 Å². The molecule has 26 heavy (non-hydrogen) atoms. The Morgan fingerprint density at radius 2 is 1.88 bits per heavy atom. The van der Waals surface area contributed by atoms with Crippen molar-refractivity contribution in [1.29, 1.82) is 0 Å². The molecule has 0 aromatic carbocycles. The van der Waals surface area contributed by atoms with Crippen LogP contribution in [-0.4, -0.2) is 60.5 Å². The van der Waals surface area contributed by atoms with Crippen LogP contribution in [0.3, 0.4) is 0 Å². The summed E-state index contributed by atoms with van der Waals surface area (Å²) in [5.41, 5.74) is 1.22. The number of carbonyl (C=O) groups is 2. The van der Waals surface area contributed by atoms with Crippen molar-refractivity contribution in [3.8, 4) is 0 Å².